The first-order chi connectivity index (χ1) is 11.1. The van der Waals surface area contributed by atoms with Crippen molar-refractivity contribution in [3.05, 3.63) is 28.7 Å². The maximum Gasteiger partial charge on any atom is 0.239 e. The fourth-order valence-corrected chi connectivity index (χ4v) is 3.95. The predicted octanol–water partition coefficient (Wildman–Crippen LogP) is 2.19. The molecule has 0 spiro atoms. The summed E-state index contributed by atoms with van der Waals surface area (Å²) >= 11 is 3.47. The molecule has 3 atom stereocenters. The lowest BCUT2D eigenvalue weighted by atomic mass is 9.90. The standard InChI is InChI=1S/C17H22BrN3O2/c18-12-5-1-4-8-15(12)21-10-9-11(17(21)23)16(22)20-14-7-3-2-6-13(14)19/h1,4-5,8,11,13-14H,2-3,6-7,9-10,19H2,(H,20,22)/t11?,13-,14-/m1/s1. The van der Waals surface area contributed by atoms with Gasteiger partial charge in [-0.1, -0.05) is 25.0 Å². The van der Waals surface area contributed by atoms with Gasteiger partial charge in [0.05, 0.1) is 5.69 Å². The molecule has 1 aromatic carbocycles. The number of hydrogen-bond acceptors (Lipinski definition) is 3. The Hall–Kier alpha value is -1.40. The first-order valence-electron chi connectivity index (χ1n) is 8.20. The molecule has 5 nitrogen and oxygen atoms in total. The van der Waals surface area contributed by atoms with Gasteiger partial charge in [0.2, 0.25) is 11.8 Å². The molecule has 3 rings (SSSR count). The minimum Gasteiger partial charge on any atom is -0.351 e. The predicted molar refractivity (Wildman–Crippen MR) is 93.0 cm³/mol. The van der Waals surface area contributed by atoms with Crippen LogP contribution in [0, 0.1) is 5.92 Å². The summed E-state index contributed by atoms with van der Waals surface area (Å²) in [6.07, 6.45) is 4.59. The molecule has 23 heavy (non-hydrogen) atoms. The third-order valence-electron chi connectivity index (χ3n) is 4.81. The second-order valence-electron chi connectivity index (χ2n) is 6.35. The van der Waals surface area contributed by atoms with E-state index in [9.17, 15) is 9.59 Å². The zero-order valence-corrected chi connectivity index (χ0v) is 14.6. The number of nitrogens with two attached hydrogens (primary N) is 1. The van der Waals surface area contributed by atoms with E-state index in [2.05, 4.69) is 21.2 Å². The van der Waals surface area contributed by atoms with Crippen LogP contribution >= 0.6 is 15.9 Å². The Kier molecular flexibility index (Phi) is 5.02. The van der Waals surface area contributed by atoms with Crippen molar-refractivity contribution >= 4 is 33.4 Å². The zero-order chi connectivity index (χ0) is 16.4. The maximum atomic E-state index is 12.6. The van der Waals surface area contributed by atoms with Crippen LogP contribution in [0.1, 0.15) is 32.1 Å². The Morgan fingerprint density at radius 1 is 1.22 bits per heavy atom. The molecule has 1 aliphatic heterocycles. The summed E-state index contributed by atoms with van der Waals surface area (Å²) in [6, 6.07) is 7.59. The number of anilines is 1. The third kappa shape index (κ3) is 3.43. The summed E-state index contributed by atoms with van der Waals surface area (Å²) in [5.74, 6) is -0.901. The summed E-state index contributed by atoms with van der Waals surface area (Å²) in [4.78, 5) is 26.8. The van der Waals surface area contributed by atoms with Crippen molar-refractivity contribution in [1.82, 2.24) is 5.32 Å². The molecular weight excluding hydrogens is 358 g/mol. The minimum atomic E-state index is -0.601. The van der Waals surface area contributed by atoms with Crippen LogP contribution < -0.4 is 16.0 Å². The van der Waals surface area contributed by atoms with Crippen molar-refractivity contribution in [2.45, 2.75) is 44.2 Å². The number of benzene rings is 1. The Bertz CT molecular complexity index is 607. The van der Waals surface area contributed by atoms with E-state index in [4.69, 9.17) is 5.73 Å². The summed E-state index contributed by atoms with van der Waals surface area (Å²) in [5, 5.41) is 3.00. The first kappa shape index (κ1) is 16.5. The van der Waals surface area contributed by atoms with E-state index in [1.807, 2.05) is 24.3 Å². The van der Waals surface area contributed by atoms with Gasteiger partial charge in [-0.15, -0.1) is 0 Å². The molecule has 2 aliphatic rings. The Morgan fingerprint density at radius 2 is 1.96 bits per heavy atom. The quantitative estimate of drug-likeness (QED) is 0.790. The second kappa shape index (κ2) is 7.01. The summed E-state index contributed by atoms with van der Waals surface area (Å²) in [6.45, 7) is 0.566. The molecule has 1 heterocycles. The smallest absolute Gasteiger partial charge is 0.239 e. The van der Waals surface area contributed by atoms with Crippen LogP contribution in [0.5, 0.6) is 0 Å². The van der Waals surface area contributed by atoms with E-state index in [0.29, 0.717) is 13.0 Å². The Labute approximate surface area is 144 Å². The summed E-state index contributed by atoms with van der Waals surface area (Å²) < 4.78 is 0.865. The molecule has 1 aromatic rings. The number of carbonyl (C=O) groups is 2. The molecule has 6 heteroatoms. The highest BCUT2D eigenvalue weighted by molar-refractivity contribution is 9.10. The van der Waals surface area contributed by atoms with Crippen LogP contribution in [-0.2, 0) is 9.59 Å². The van der Waals surface area contributed by atoms with Gasteiger partial charge in [0, 0.05) is 23.1 Å². The largest absolute Gasteiger partial charge is 0.351 e. The molecule has 1 saturated carbocycles. The van der Waals surface area contributed by atoms with Crippen LogP contribution in [0.3, 0.4) is 0 Å². The van der Waals surface area contributed by atoms with Crippen LogP contribution in [0.2, 0.25) is 0 Å². The van der Waals surface area contributed by atoms with Crippen molar-refractivity contribution in [3.8, 4) is 0 Å². The summed E-state index contributed by atoms with van der Waals surface area (Å²) in [7, 11) is 0. The summed E-state index contributed by atoms with van der Waals surface area (Å²) in [5.41, 5.74) is 6.90. The fraction of sp³-hybridized carbons (Fsp3) is 0.529. The van der Waals surface area contributed by atoms with Gasteiger partial charge >= 0.3 is 0 Å². The van der Waals surface area contributed by atoms with Crippen LogP contribution in [0.4, 0.5) is 5.69 Å². The molecule has 0 bridgehead atoms. The first-order valence-corrected chi connectivity index (χ1v) is 8.99. The number of hydrogen-bond donors (Lipinski definition) is 2. The van der Waals surface area contributed by atoms with Crippen molar-refractivity contribution in [3.63, 3.8) is 0 Å². The lowest BCUT2D eigenvalue weighted by molar-refractivity contribution is -0.132. The number of rotatable bonds is 3. The number of nitrogens with one attached hydrogen (secondary N) is 1. The van der Waals surface area contributed by atoms with Gasteiger partial charge in [0.1, 0.15) is 5.92 Å². The molecule has 2 fully saturated rings. The van der Waals surface area contributed by atoms with Crippen LogP contribution in [0.15, 0.2) is 28.7 Å². The van der Waals surface area contributed by atoms with Gasteiger partial charge in [-0.05, 0) is 47.3 Å². The topological polar surface area (TPSA) is 75.4 Å². The molecular formula is C17H22BrN3O2. The molecule has 2 amide bonds. The highest BCUT2D eigenvalue weighted by atomic mass is 79.9. The van der Waals surface area contributed by atoms with Gasteiger partial charge in [0.25, 0.3) is 0 Å². The number of para-hydroxylation sites is 1. The fourth-order valence-electron chi connectivity index (χ4n) is 3.46. The number of carbonyl (C=O) groups excluding carboxylic acids is 2. The normalized spacial score (nSPS) is 28.0. The molecule has 124 valence electrons. The Morgan fingerprint density at radius 3 is 2.70 bits per heavy atom. The van der Waals surface area contributed by atoms with Gasteiger partial charge < -0.3 is 16.0 Å². The van der Waals surface area contributed by atoms with Crippen molar-refractivity contribution in [2.75, 3.05) is 11.4 Å². The molecule has 0 aromatic heterocycles. The van der Waals surface area contributed by atoms with E-state index >= 15 is 0 Å². The van der Waals surface area contributed by atoms with Crippen molar-refractivity contribution < 1.29 is 9.59 Å². The van der Waals surface area contributed by atoms with Crippen molar-refractivity contribution in [2.24, 2.45) is 11.7 Å². The Balaban J connectivity index is 1.67. The molecule has 1 unspecified atom stereocenters. The molecule has 1 aliphatic carbocycles. The van der Waals surface area contributed by atoms with Gasteiger partial charge in [-0.2, -0.15) is 0 Å². The monoisotopic (exact) mass is 379 g/mol. The van der Waals surface area contributed by atoms with Crippen LogP contribution in [0.25, 0.3) is 0 Å². The molecule has 3 N–H and O–H groups in total. The third-order valence-corrected chi connectivity index (χ3v) is 5.48. The number of halogens is 1. The molecule has 0 radical (unpaired) electrons. The van der Waals surface area contributed by atoms with Gasteiger partial charge in [-0.25, -0.2) is 0 Å². The van der Waals surface area contributed by atoms with Gasteiger partial charge in [0.15, 0.2) is 0 Å². The average molecular weight is 380 g/mol. The number of nitrogens with zero attached hydrogens (tertiary/aromatic N) is 1. The van der Waals surface area contributed by atoms with Crippen molar-refractivity contribution in [1.29, 1.82) is 0 Å². The number of amides is 2. The highest BCUT2D eigenvalue weighted by Crippen LogP contribution is 2.31. The lowest BCUT2D eigenvalue weighted by Crippen LogP contribution is -2.51. The highest BCUT2D eigenvalue weighted by Gasteiger charge is 2.39. The van der Waals surface area contributed by atoms with E-state index in [-0.39, 0.29) is 23.9 Å². The zero-order valence-electron chi connectivity index (χ0n) is 13.0. The second-order valence-corrected chi connectivity index (χ2v) is 7.20. The average Bonchev–Trinajstić information content (AvgIpc) is 2.92. The minimum absolute atomic E-state index is 0.00145. The van der Waals surface area contributed by atoms with Gasteiger partial charge in [-0.3, -0.25) is 9.59 Å². The maximum absolute atomic E-state index is 12.6. The van der Waals surface area contributed by atoms with E-state index < -0.39 is 5.92 Å². The lowest BCUT2D eigenvalue weighted by Gasteiger charge is -2.30. The van der Waals surface area contributed by atoms with E-state index in [0.717, 1.165) is 35.8 Å². The molecule has 1 saturated heterocycles. The van der Waals surface area contributed by atoms with E-state index in [1.165, 1.54) is 0 Å². The van der Waals surface area contributed by atoms with Crippen LogP contribution in [-0.4, -0.2) is 30.4 Å². The SMILES string of the molecule is N[C@@H]1CCCC[C@H]1NC(=O)C1CCN(c2ccccc2Br)C1=O. The van der Waals surface area contributed by atoms with E-state index in [1.54, 1.807) is 4.90 Å².